The maximum absolute atomic E-state index is 6.35. The predicted molar refractivity (Wildman–Crippen MR) is 107 cm³/mol. The first kappa shape index (κ1) is 22.5. The lowest BCUT2D eigenvalue weighted by atomic mass is 9.80. The van der Waals surface area contributed by atoms with Crippen LogP contribution < -0.4 is 11.1 Å². The number of hydrogen-bond donors (Lipinski definition) is 2. The van der Waals surface area contributed by atoms with Crippen LogP contribution in [0.5, 0.6) is 0 Å². The average Bonchev–Trinajstić information content (AvgIpc) is 2.35. The minimum absolute atomic E-state index is 0. The molecule has 1 fully saturated rings. The summed E-state index contributed by atoms with van der Waals surface area (Å²) in [7, 11) is 0. The van der Waals surface area contributed by atoms with Crippen molar-refractivity contribution in [2.75, 3.05) is 31.9 Å². The van der Waals surface area contributed by atoms with E-state index < -0.39 is 0 Å². The van der Waals surface area contributed by atoms with E-state index in [9.17, 15) is 0 Å². The highest BCUT2D eigenvalue weighted by molar-refractivity contribution is 9.11. The largest absolute Gasteiger partial charge is 0.398 e. The summed E-state index contributed by atoms with van der Waals surface area (Å²) in [5.74, 6) is 0. The molecule has 1 saturated heterocycles. The molecule has 1 atom stereocenters. The fraction of sp³-hybridized carbons (Fsp3) is 0.600. The molecule has 0 spiro atoms. The molecule has 1 aliphatic heterocycles. The van der Waals surface area contributed by atoms with Crippen LogP contribution in [0, 0.1) is 5.41 Å². The van der Waals surface area contributed by atoms with E-state index in [-0.39, 0.29) is 30.2 Å². The van der Waals surface area contributed by atoms with Crippen LogP contribution in [0.15, 0.2) is 21.1 Å². The smallest absolute Gasteiger partial charge is 0.0508 e. The summed E-state index contributed by atoms with van der Waals surface area (Å²) in [6.07, 6.45) is 0. The number of halogens is 4. The number of benzene rings is 1. The molecule has 1 aromatic carbocycles. The van der Waals surface area contributed by atoms with E-state index in [2.05, 4.69) is 68.9 Å². The molecule has 3 nitrogen and oxygen atoms in total. The lowest BCUT2D eigenvalue weighted by molar-refractivity contribution is 0.0866. The molecule has 0 radical (unpaired) electrons. The Hall–Kier alpha value is 0.480. The van der Waals surface area contributed by atoms with Crippen molar-refractivity contribution < 1.29 is 0 Å². The summed E-state index contributed by atoms with van der Waals surface area (Å²) in [5, 5.41) is 3.42. The van der Waals surface area contributed by atoms with Crippen LogP contribution >= 0.6 is 56.7 Å². The molecule has 7 heteroatoms. The summed E-state index contributed by atoms with van der Waals surface area (Å²) in [4.78, 5) is 2.54. The van der Waals surface area contributed by atoms with Crippen LogP contribution in [0.3, 0.4) is 0 Å². The first-order valence-electron chi connectivity index (χ1n) is 7.00. The fourth-order valence-electron chi connectivity index (χ4n) is 2.98. The molecule has 0 aliphatic carbocycles. The van der Waals surface area contributed by atoms with E-state index in [1.807, 2.05) is 6.07 Å². The minimum atomic E-state index is 0. The first-order valence-corrected chi connectivity index (χ1v) is 8.58. The molecule has 0 bridgehead atoms. The Morgan fingerprint density at radius 1 is 1.14 bits per heavy atom. The lowest BCUT2D eigenvalue weighted by Gasteiger charge is -2.43. The van der Waals surface area contributed by atoms with Crippen LogP contribution in [0.25, 0.3) is 0 Å². The highest BCUT2D eigenvalue weighted by atomic mass is 79.9. The van der Waals surface area contributed by atoms with Gasteiger partial charge >= 0.3 is 0 Å². The second-order valence-electron chi connectivity index (χ2n) is 6.45. The number of nitrogens with zero attached hydrogens (tertiary/aromatic N) is 1. The van der Waals surface area contributed by atoms with Crippen LogP contribution in [-0.4, -0.2) is 31.1 Å². The number of nitrogens with one attached hydrogen (secondary N) is 1. The van der Waals surface area contributed by atoms with Crippen molar-refractivity contribution in [2.24, 2.45) is 5.41 Å². The van der Waals surface area contributed by atoms with Crippen molar-refractivity contribution in [1.29, 1.82) is 0 Å². The van der Waals surface area contributed by atoms with Gasteiger partial charge in [0.1, 0.15) is 0 Å². The average molecular weight is 478 g/mol. The fourth-order valence-corrected chi connectivity index (χ4v) is 4.24. The maximum atomic E-state index is 6.35. The van der Waals surface area contributed by atoms with Crippen LogP contribution in [0.4, 0.5) is 5.69 Å². The van der Waals surface area contributed by atoms with Gasteiger partial charge in [0, 0.05) is 41.2 Å². The third-order valence-electron chi connectivity index (χ3n) is 3.76. The summed E-state index contributed by atoms with van der Waals surface area (Å²) >= 11 is 7.16. The van der Waals surface area contributed by atoms with Gasteiger partial charge in [-0.25, -0.2) is 0 Å². The van der Waals surface area contributed by atoms with Crippen LogP contribution in [-0.2, 0) is 0 Å². The molecule has 1 aromatic rings. The Labute approximate surface area is 162 Å². The number of anilines is 1. The van der Waals surface area contributed by atoms with Gasteiger partial charge in [-0.2, -0.15) is 0 Å². The van der Waals surface area contributed by atoms with E-state index >= 15 is 0 Å². The number of piperazine rings is 1. The molecule has 128 valence electrons. The zero-order valence-electron chi connectivity index (χ0n) is 13.2. The lowest BCUT2D eigenvalue weighted by Crippen LogP contribution is -2.48. The van der Waals surface area contributed by atoms with Crippen molar-refractivity contribution in [2.45, 2.75) is 26.8 Å². The van der Waals surface area contributed by atoms with E-state index in [1.165, 1.54) is 5.56 Å². The minimum Gasteiger partial charge on any atom is -0.398 e. The number of rotatable bonds is 2. The number of nitrogen functional groups attached to an aromatic ring is 1. The Morgan fingerprint density at radius 2 is 1.68 bits per heavy atom. The molecule has 0 unspecified atom stereocenters. The molecule has 0 aromatic heterocycles. The Bertz CT molecular complexity index is 486. The topological polar surface area (TPSA) is 41.3 Å². The molecule has 22 heavy (non-hydrogen) atoms. The van der Waals surface area contributed by atoms with Gasteiger partial charge in [-0.05, 0) is 39.0 Å². The molecule has 0 amide bonds. The van der Waals surface area contributed by atoms with Crippen molar-refractivity contribution in [3.8, 4) is 0 Å². The van der Waals surface area contributed by atoms with Crippen molar-refractivity contribution in [3.63, 3.8) is 0 Å². The second kappa shape index (κ2) is 9.09. The van der Waals surface area contributed by atoms with Gasteiger partial charge in [0.25, 0.3) is 0 Å². The van der Waals surface area contributed by atoms with E-state index in [0.717, 1.165) is 40.8 Å². The normalized spacial score (nSPS) is 17.3. The van der Waals surface area contributed by atoms with Gasteiger partial charge in [0.05, 0.1) is 5.69 Å². The van der Waals surface area contributed by atoms with Gasteiger partial charge in [-0.1, -0.05) is 36.7 Å². The monoisotopic (exact) mass is 475 g/mol. The molecular weight excluding hydrogens is 453 g/mol. The third kappa shape index (κ3) is 5.25. The second-order valence-corrected chi connectivity index (χ2v) is 8.22. The molecule has 1 aliphatic rings. The van der Waals surface area contributed by atoms with Crippen LogP contribution in [0.1, 0.15) is 32.4 Å². The van der Waals surface area contributed by atoms with Gasteiger partial charge in [0.15, 0.2) is 0 Å². The summed E-state index contributed by atoms with van der Waals surface area (Å²) in [6.45, 7) is 11.1. The molecule has 2 rings (SSSR count). The zero-order valence-corrected chi connectivity index (χ0v) is 18.0. The zero-order chi connectivity index (χ0) is 14.9. The van der Waals surface area contributed by atoms with Gasteiger partial charge < -0.3 is 11.1 Å². The molecule has 1 heterocycles. The predicted octanol–water partition coefficient (Wildman–Crippen LogP) is 4.63. The van der Waals surface area contributed by atoms with Gasteiger partial charge in [-0.15, -0.1) is 24.8 Å². The molecule has 0 saturated carbocycles. The quantitative estimate of drug-likeness (QED) is 0.610. The van der Waals surface area contributed by atoms with Crippen molar-refractivity contribution >= 4 is 62.4 Å². The first-order chi connectivity index (χ1) is 9.30. The van der Waals surface area contributed by atoms with Crippen molar-refractivity contribution in [1.82, 2.24) is 10.2 Å². The van der Waals surface area contributed by atoms with Crippen molar-refractivity contribution in [3.05, 3.63) is 26.6 Å². The van der Waals surface area contributed by atoms with E-state index in [1.54, 1.807) is 0 Å². The summed E-state index contributed by atoms with van der Waals surface area (Å²) < 4.78 is 2.03. The van der Waals surface area contributed by atoms with E-state index in [4.69, 9.17) is 5.73 Å². The van der Waals surface area contributed by atoms with Crippen LogP contribution in [0.2, 0.25) is 0 Å². The third-order valence-corrected chi connectivity index (χ3v) is 4.87. The molecule has 3 N–H and O–H groups in total. The Balaban J connectivity index is 0.00000220. The maximum Gasteiger partial charge on any atom is 0.0508 e. The number of nitrogens with two attached hydrogens (primary N) is 1. The SMILES string of the molecule is CC(C)(C)[C@H](c1cc(Br)cc(Br)c1N)N1CCNCC1.Cl.Cl. The van der Waals surface area contributed by atoms with Gasteiger partial charge in [-0.3, -0.25) is 4.90 Å². The Morgan fingerprint density at radius 3 is 2.18 bits per heavy atom. The van der Waals surface area contributed by atoms with E-state index in [0.29, 0.717) is 6.04 Å². The highest BCUT2D eigenvalue weighted by Gasteiger charge is 2.34. The standard InChI is InChI=1S/C15H23Br2N3.2ClH/c1-15(2,3)14(20-6-4-19-5-7-20)11-8-10(16)9-12(17)13(11)18;;/h8-9,14,19H,4-7,18H2,1-3H3;2*1H/t14-;;/m0../s1. The van der Waals surface area contributed by atoms with Gasteiger partial charge in [0.2, 0.25) is 0 Å². The molecular formula is C15H25Br2Cl2N3. The number of hydrogen-bond acceptors (Lipinski definition) is 3. The summed E-state index contributed by atoms with van der Waals surface area (Å²) in [5.41, 5.74) is 8.54. The highest BCUT2D eigenvalue weighted by Crippen LogP contribution is 2.43. The summed E-state index contributed by atoms with van der Waals surface area (Å²) in [6, 6.07) is 4.49. The Kier molecular flexibility index (Phi) is 9.29.